The lowest BCUT2D eigenvalue weighted by Gasteiger charge is -2.12. The number of carbonyl (C=O) groups is 2. The molecule has 6 heteroatoms. The van der Waals surface area contributed by atoms with Crippen molar-refractivity contribution < 1.29 is 28.5 Å². The van der Waals surface area contributed by atoms with Crippen molar-refractivity contribution >= 4 is 11.9 Å². The first-order valence-corrected chi connectivity index (χ1v) is 8.86. The third-order valence-corrected chi connectivity index (χ3v) is 4.12. The Bertz CT molecular complexity index is 975. The molecule has 0 heterocycles. The molecule has 0 amide bonds. The third kappa shape index (κ3) is 4.93. The summed E-state index contributed by atoms with van der Waals surface area (Å²) in [6, 6.07) is 20.5. The van der Waals surface area contributed by atoms with E-state index in [1.54, 1.807) is 66.7 Å². The molecule has 0 radical (unpaired) electrons. The smallest absolute Gasteiger partial charge is 0.346 e. The molecule has 0 aromatic heterocycles. The number of hydrogen-bond acceptors (Lipinski definition) is 6. The first-order valence-electron chi connectivity index (χ1n) is 8.86. The van der Waals surface area contributed by atoms with Gasteiger partial charge in [-0.2, -0.15) is 0 Å². The molecule has 6 nitrogen and oxygen atoms in total. The van der Waals surface area contributed by atoms with Gasteiger partial charge in [-0.3, -0.25) is 0 Å². The van der Waals surface area contributed by atoms with Gasteiger partial charge in [0.05, 0.1) is 19.8 Å². The summed E-state index contributed by atoms with van der Waals surface area (Å²) in [6.07, 6.45) is 0. The van der Waals surface area contributed by atoms with Crippen LogP contribution in [0.5, 0.6) is 17.2 Å². The van der Waals surface area contributed by atoms with E-state index in [9.17, 15) is 9.59 Å². The summed E-state index contributed by atoms with van der Waals surface area (Å²) in [4.78, 5) is 24.7. The van der Waals surface area contributed by atoms with E-state index in [0.29, 0.717) is 28.4 Å². The van der Waals surface area contributed by atoms with Gasteiger partial charge in [0.2, 0.25) is 0 Å². The second-order valence-corrected chi connectivity index (χ2v) is 6.02. The molecule has 3 aromatic carbocycles. The highest BCUT2D eigenvalue weighted by Crippen LogP contribution is 2.29. The van der Waals surface area contributed by atoms with E-state index in [1.165, 1.54) is 14.2 Å². The van der Waals surface area contributed by atoms with Crippen LogP contribution < -0.4 is 14.2 Å². The molecule has 0 bridgehead atoms. The van der Waals surface area contributed by atoms with Crippen molar-refractivity contribution in [2.45, 2.75) is 6.61 Å². The maximum absolute atomic E-state index is 12.6. The normalized spacial score (nSPS) is 10.1. The maximum Gasteiger partial charge on any atom is 0.346 e. The summed E-state index contributed by atoms with van der Waals surface area (Å²) in [5.41, 5.74) is 1.34. The zero-order valence-corrected chi connectivity index (χ0v) is 16.1. The van der Waals surface area contributed by atoms with Crippen molar-refractivity contribution in [2.75, 3.05) is 14.2 Å². The molecule has 3 rings (SSSR count). The van der Waals surface area contributed by atoms with Gasteiger partial charge in [0.15, 0.2) is 0 Å². The third-order valence-electron chi connectivity index (χ3n) is 4.12. The molecule has 0 N–H and O–H groups in total. The van der Waals surface area contributed by atoms with Crippen LogP contribution >= 0.6 is 0 Å². The number of benzene rings is 3. The van der Waals surface area contributed by atoms with Gasteiger partial charge in [-0.1, -0.05) is 36.4 Å². The van der Waals surface area contributed by atoms with E-state index in [2.05, 4.69) is 0 Å². The highest BCUT2D eigenvalue weighted by molar-refractivity contribution is 5.95. The van der Waals surface area contributed by atoms with Crippen molar-refractivity contribution in [3.8, 4) is 17.2 Å². The lowest BCUT2D eigenvalue weighted by Crippen LogP contribution is -2.10. The average Bonchev–Trinajstić information content (AvgIpc) is 2.77. The first-order chi connectivity index (χ1) is 14.1. The summed E-state index contributed by atoms with van der Waals surface area (Å²) in [5, 5.41) is 0. The highest BCUT2D eigenvalue weighted by Gasteiger charge is 2.19. The van der Waals surface area contributed by atoms with Gasteiger partial charge in [-0.05, 0) is 42.0 Å². The van der Waals surface area contributed by atoms with Crippen LogP contribution in [-0.2, 0) is 11.3 Å². The van der Waals surface area contributed by atoms with E-state index >= 15 is 0 Å². The van der Waals surface area contributed by atoms with Gasteiger partial charge in [-0.15, -0.1) is 0 Å². The molecule has 0 saturated heterocycles. The van der Waals surface area contributed by atoms with Crippen LogP contribution in [0.1, 0.15) is 26.3 Å². The van der Waals surface area contributed by atoms with Gasteiger partial charge in [0, 0.05) is 0 Å². The number of hydrogen-bond donors (Lipinski definition) is 0. The van der Waals surface area contributed by atoms with Gasteiger partial charge in [0.25, 0.3) is 0 Å². The predicted molar refractivity (Wildman–Crippen MR) is 107 cm³/mol. The molecule has 0 aliphatic rings. The Labute approximate surface area is 168 Å². The molecule has 0 saturated carbocycles. The quantitative estimate of drug-likeness (QED) is 0.441. The van der Waals surface area contributed by atoms with Crippen LogP contribution in [0.25, 0.3) is 0 Å². The van der Waals surface area contributed by atoms with Gasteiger partial charge in [0.1, 0.15) is 29.4 Å². The van der Waals surface area contributed by atoms with Crippen LogP contribution in [0.2, 0.25) is 0 Å². The van der Waals surface area contributed by atoms with Crippen LogP contribution in [0.15, 0.2) is 72.8 Å². The number of carbonyl (C=O) groups excluding carboxylic acids is 2. The summed E-state index contributed by atoms with van der Waals surface area (Å²) >= 11 is 0. The Morgan fingerprint density at radius 3 is 2.07 bits per heavy atom. The SMILES string of the molecule is COc1cccc(OC)c1C(=O)OCc1cccc(OC(=O)c2ccccc2)c1. The van der Waals surface area contributed by atoms with Crippen molar-refractivity contribution in [2.24, 2.45) is 0 Å². The van der Waals surface area contributed by atoms with Crippen molar-refractivity contribution in [3.05, 3.63) is 89.5 Å². The summed E-state index contributed by atoms with van der Waals surface area (Å²) in [7, 11) is 2.94. The average molecular weight is 392 g/mol. The van der Waals surface area contributed by atoms with E-state index in [1.807, 2.05) is 6.07 Å². The van der Waals surface area contributed by atoms with Crippen LogP contribution in [0.4, 0.5) is 0 Å². The summed E-state index contributed by atoms with van der Waals surface area (Å²) in [6.45, 7) is -0.00321. The fraction of sp³-hybridized carbons (Fsp3) is 0.130. The Morgan fingerprint density at radius 2 is 1.41 bits per heavy atom. The Morgan fingerprint density at radius 1 is 0.759 bits per heavy atom. The molecular weight excluding hydrogens is 372 g/mol. The topological polar surface area (TPSA) is 71.1 Å². The molecule has 29 heavy (non-hydrogen) atoms. The molecule has 148 valence electrons. The molecule has 3 aromatic rings. The van der Waals surface area contributed by atoms with E-state index < -0.39 is 11.9 Å². The fourth-order valence-electron chi connectivity index (χ4n) is 2.71. The van der Waals surface area contributed by atoms with Crippen LogP contribution in [0, 0.1) is 0 Å². The fourth-order valence-corrected chi connectivity index (χ4v) is 2.71. The Hall–Kier alpha value is -3.80. The summed E-state index contributed by atoms with van der Waals surface area (Å²) in [5.74, 6) is 0.0477. The minimum absolute atomic E-state index is 0.00321. The molecule has 0 aliphatic carbocycles. The highest BCUT2D eigenvalue weighted by atomic mass is 16.5. The standard InChI is InChI=1S/C23H20O6/c1-26-19-12-7-13-20(27-2)21(19)23(25)28-15-16-8-6-11-18(14-16)29-22(24)17-9-4-3-5-10-17/h3-14H,15H2,1-2H3. The second kappa shape index (κ2) is 9.41. The number of esters is 2. The lowest BCUT2D eigenvalue weighted by atomic mass is 10.1. The Kier molecular flexibility index (Phi) is 6.47. The zero-order valence-electron chi connectivity index (χ0n) is 16.1. The van der Waals surface area contributed by atoms with E-state index in [-0.39, 0.29) is 12.2 Å². The number of ether oxygens (including phenoxy) is 4. The maximum atomic E-state index is 12.6. The van der Waals surface area contributed by atoms with E-state index in [0.717, 1.165) is 0 Å². The Balaban J connectivity index is 1.68. The van der Waals surface area contributed by atoms with Gasteiger partial charge in [-0.25, -0.2) is 9.59 Å². The molecule has 0 spiro atoms. The summed E-state index contributed by atoms with van der Waals surface area (Å²) < 4.78 is 21.2. The van der Waals surface area contributed by atoms with Crippen molar-refractivity contribution in [1.82, 2.24) is 0 Å². The number of methoxy groups -OCH3 is 2. The van der Waals surface area contributed by atoms with Crippen molar-refractivity contribution in [1.29, 1.82) is 0 Å². The first kappa shape index (κ1) is 19.9. The van der Waals surface area contributed by atoms with Crippen molar-refractivity contribution in [3.63, 3.8) is 0 Å². The van der Waals surface area contributed by atoms with Crippen LogP contribution in [0.3, 0.4) is 0 Å². The van der Waals surface area contributed by atoms with Gasteiger partial charge < -0.3 is 18.9 Å². The zero-order chi connectivity index (χ0) is 20.6. The lowest BCUT2D eigenvalue weighted by molar-refractivity contribution is 0.0464. The van der Waals surface area contributed by atoms with Gasteiger partial charge >= 0.3 is 11.9 Å². The monoisotopic (exact) mass is 392 g/mol. The largest absolute Gasteiger partial charge is 0.496 e. The minimum Gasteiger partial charge on any atom is -0.496 e. The molecule has 0 unspecified atom stereocenters. The van der Waals surface area contributed by atoms with E-state index in [4.69, 9.17) is 18.9 Å². The number of rotatable bonds is 7. The molecule has 0 aliphatic heterocycles. The second-order valence-electron chi connectivity index (χ2n) is 6.02. The minimum atomic E-state index is -0.578. The van der Waals surface area contributed by atoms with Crippen LogP contribution in [-0.4, -0.2) is 26.2 Å². The molecule has 0 atom stereocenters. The predicted octanol–water partition coefficient (Wildman–Crippen LogP) is 4.28. The molecule has 0 fully saturated rings. The molecular formula is C23H20O6.